The molecule has 0 spiro atoms. The predicted molar refractivity (Wildman–Crippen MR) is 114 cm³/mol. The molecule has 4 rings (SSSR count). The maximum Gasteiger partial charge on any atom is 0.252 e. The molecule has 1 amide bonds. The second kappa shape index (κ2) is 7.49. The predicted octanol–water partition coefficient (Wildman–Crippen LogP) is 5.53. The lowest BCUT2D eigenvalue weighted by Gasteiger charge is -2.20. The number of carbonyl (C=O) groups is 1. The Morgan fingerprint density at radius 1 is 1.00 bits per heavy atom. The molecule has 0 saturated heterocycles. The molecule has 0 aliphatic carbocycles. The first-order chi connectivity index (χ1) is 13.5. The van der Waals surface area contributed by atoms with Crippen molar-refractivity contribution in [2.24, 2.45) is 0 Å². The summed E-state index contributed by atoms with van der Waals surface area (Å²) in [6.07, 6.45) is 1.74. The number of nitrogens with one attached hydrogen (secondary N) is 1. The van der Waals surface area contributed by atoms with Crippen LogP contribution in [0.5, 0.6) is 0 Å². The van der Waals surface area contributed by atoms with Crippen molar-refractivity contribution in [1.82, 2.24) is 9.55 Å². The van der Waals surface area contributed by atoms with Gasteiger partial charge in [0.1, 0.15) is 6.04 Å². The van der Waals surface area contributed by atoms with Crippen LogP contribution >= 0.6 is 11.6 Å². The van der Waals surface area contributed by atoms with Crippen molar-refractivity contribution >= 4 is 34.2 Å². The molecule has 1 atom stereocenters. The summed E-state index contributed by atoms with van der Waals surface area (Å²) in [6, 6.07) is 20.4. The largest absolute Gasteiger partial charge is 0.324 e. The third kappa shape index (κ3) is 3.51. The van der Waals surface area contributed by atoms with Crippen LogP contribution in [0.4, 0.5) is 5.69 Å². The summed E-state index contributed by atoms with van der Waals surface area (Å²) in [5.74, 6) is -0.133. The molecule has 28 heavy (non-hydrogen) atoms. The number of amides is 1. The number of nitrogens with zero attached hydrogens (tertiary/aromatic N) is 2. The molecule has 0 fully saturated rings. The molecule has 0 aliphatic rings. The molecule has 0 unspecified atom stereocenters. The van der Waals surface area contributed by atoms with E-state index < -0.39 is 6.04 Å². The Kier molecular flexibility index (Phi) is 4.88. The molecule has 3 aromatic carbocycles. The van der Waals surface area contributed by atoms with Crippen LogP contribution in [0.1, 0.15) is 22.7 Å². The quantitative estimate of drug-likeness (QED) is 0.498. The van der Waals surface area contributed by atoms with Crippen LogP contribution in [0.2, 0.25) is 5.02 Å². The van der Waals surface area contributed by atoms with Gasteiger partial charge in [-0.1, -0.05) is 41.9 Å². The maximum atomic E-state index is 13.3. The molecule has 0 aliphatic heterocycles. The number of rotatable bonds is 4. The van der Waals surface area contributed by atoms with E-state index in [1.807, 2.05) is 34.9 Å². The van der Waals surface area contributed by atoms with Gasteiger partial charge in [-0.05, 0) is 66.9 Å². The van der Waals surface area contributed by atoms with Crippen LogP contribution < -0.4 is 5.32 Å². The fourth-order valence-electron chi connectivity index (χ4n) is 3.31. The number of benzene rings is 3. The van der Waals surface area contributed by atoms with E-state index in [1.54, 1.807) is 30.6 Å². The SMILES string of the molecule is Cc1cc2ncn([C@@H](C(=O)Nc3ccc(Cl)cc3)c3ccccc3)c2cc1C. The zero-order chi connectivity index (χ0) is 19.7. The minimum Gasteiger partial charge on any atom is -0.324 e. The van der Waals surface area contributed by atoms with Crippen LogP contribution in [0.3, 0.4) is 0 Å². The molecule has 1 heterocycles. The second-order valence-electron chi connectivity index (χ2n) is 6.89. The number of aromatic nitrogens is 2. The second-order valence-corrected chi connectivity index (χ2v) is 7.32. The van der Waals surface area contributed by atoms with Crippen LogP contribution in [-0.2, 0) is 4.79 Å². The smallest absolute Gasteiger partial charge is 0.252 e. The van der Waals surface area contributed by atoms with Gasteiger partial charge < -0.3 is 9.88 Å². The summed E-state index contributed by atoms with van der Waals surface area (Å²) in [5, 5.41) is 3.63. The van der Waals surface area contributed by atoms with Crippen LogP contribution in [0.15, 0.2) is 73.1 Å². The van der Waals surface area contributed by atoms with Gasteiger partial charge in [-0.2, -0.15) is 0 Å². The van der Waals surface area contributed by atoms with Crippen molar-refractivity contribution in [2.45, 2.75) is 19.9 Å². The first-order valence-corrected chi connectivity index (χ1v) is 9.46. The Morgan fingerprint density at radius 3 is 2.39 bits per heavy atom. The van der Waals surface area contributed by atoms with Gasteiger partial charge in [-0.15, -0.1) is 0 Å². The summed E-state index contributed by atoms with van der Waals surface area (Å²) < 4.78 is 1.93. The summed E-state index contributed by atoms with van der Waals surface area (Å²) in [4.78, 5) is 17.8. The highest BCUT2D eigenvalue weighted by atomic mass is 35.5. The van der Waals surface area contributed by atoms with Gasteiger partial charge in [0.05, 0.1) is 17.4 Å². The lowest BCUT2D eigenvalue weighted by molar-refractivity contribution is -0.118. The number of halogens is 1. The number of anilines is 1. The molecular formula is C23H20ClN3O. The average Bonchev–Trinajstić information content (AvgIpc) is 3.07. The lowest BCUT2D eigenvalue weighted by atomic mass is 10.0. The normalized spacial score (nSPS) is 12.1. The van der Waals surface area contributed by atoms with Gasteiger partial charge in [-0.3, -0.25) is 4.79 Å². The van der Waals surface area contributed by atoms with Crippen LogP contribution in [0, 0.1) is 13.8 Å². The minimum atomic E-state index is -0.538. The van der Waals surface area contributed by atoms with E-state index in [0.717, 1.165) is 16.6 Å². The fourth-order valence-corrected chi connectivity index (χ4v) is 3.43. The standard InChI is InChI=1S/C23H20ClN3O/c1-15-12-20-21(13-16(15)2)27(14-25-20)22(17-6-4-3-5-7-17)23(28)26-19-10-8-18(24)9-11-19/h3-14,22H,1-2H3,(H,26,28)/t22-/m1/s1. The van der Waals surface area contributed by atoms with Crippen LogP contribution in [-0.4, -0.2) is 15.5 Å². The number of hydrogen-bond donors (Lipinski definition) is 1. The number of aryl methyl sites for hydroxylation is 2. The van der Waals surface area contributed by atoms with Crippen molar-refractivity contribution in [2.75, 3.05) is 5.32 Å². The van der Waals surface area contributed by atoms with Gasteiger partial charge >= 0.3 is 0 Å². The van der Waals surface area contributed by atoms with E-state index in [0.29, 0.717) is 10.7 Å². The zero-order valence-electron chi connectivity index (χ0n) is 15.7. The summed E-state index contributed by atoms with van der Waals surface area (Å²) >= 11 is 5.96. The highest BCUT2D eigenvalue weighted by Gasteiger charge is 2.24. The van der Waals surface area contributed by atoms with Crippen molar-refractivity contribution in [3.8, 4) is 0 Å². The summed E-state index contributed by atoms with van der Waals surface area (Å²) in [7, 11) is 0. The molecule has 0 radical (unpaired) electrons. The lowest BCUT2D eigenvalue weighted by Crippen LogP contribution is -2.26. The number of fused-ring (bicyclic) bond motifs is 1. The van der Waals surface area contributed by atoms with Crippen molar-refractivity contribution in [1.29, 1.82) is 0 Å². The Morgan fingerprint density at radius 2 is 1.68 bits per heavy atom. The van der Waals surface area contributed by atoms with Gasteiger partial charge in [0.2, 0.25) is 0 Å². The topological polar surface area (TPSA) is 46.9 Å². The number of imidazole rings is 1. The Hall–Kier alpha value is -3.11. The molecular weight excluding hydrogens is 370 g/mol. The van der Waals surface area contributed by atoms with E-state index in [2.05, 4.69) is 36.3 Å². The zero-order valence-corrected chi connectivity index (χ0v) is 16.4. The average molecular weight is 390 g/mol. The monoisotopic (exact) mass is 389 g/mol. The fraction of sp³-hybridized carbons (Fsp3) is 0.130. The first-order valence-electron chi connectivity index (χ1n) is 9.08. The third-order valence-electron chi connectivity index (χ3n) is 4.94. The van der Waals surface area contributed by atoms with Gasteiger partial charge in [0.15, 0.2) is 0 Å². The Labute approximate surface area is 168 Å². The van der Waals surface area contributed by atoms with Gasteiger partial charge in [0, 0.05) is 10.7 Å². The van der Waals surface area contributed by atoms with E-state index >= 15 is 0 Å². The van der Waals surface area contributed by atoms with Gasteiger partial charge in [0.25, 0.3) is 5.91 Å². The summed E-state index contributed by atoms with van der Waals surface area (Å²) in [6.45, 7) is 4.13. The third-order valence-corrected chi connectivity index (χ3v) is 5.20. The minimum absolute atomic E-state index is 0.133. The van der Waals surface area contributed by atoms with E-state index in [4.69, 9.17) is 11.6 Å². The molecule has 1 aromatic heterocycles. The van der Waals surface area contributed by atoms with Crippen LogP contribution in [0.25, 0.3) is 11.0 Å². The van der Waals surface area contributed by atoms with Gasteiger partial charge in [-0.25, -0.2) is 4.98 Å². The summed E-state index contributed by atoms with van der Waals surface area (Å²) in [5.41, 5.74) is 5.75. The Bertz CT molecular complexity index is 1130. The molecule has 4 aromatic rings. The van der Waals surface area contributed by atoms with Crippen molar-refractivity contribution < 1.29 is 4.79 Å². The molecule has 4 nitrogen and oxygen atoms in total. The van der Waals surface area contributed by atoms with Crippen molar-refractivity contribution in [3.63, 3.8) is 0 Å². The molecule has 140 valence electrons. The maximum absolute atomic E-state index is 13.3. The molecule has 0 bridgehead atoms. The van der Waals surface area contributed by atoms with E-state index in [1.165, 1.54) is 11.1 Å². The first kappa shape index (κ1) is 18.3. The molecule has 1 N–H and O–H groups in total. The van der Waals surface area contributed by atoms with Crippen molar-refractivity contribution in [3.05, 3.63) is 94.8 Å². The van der Waals surface area contributed by atoms with E-state index in [9.17, 15) is 4.79 Å². The highest BCUT2D eigenvalue weighted by molar-refractivity contribution is 6.30. The number of hydrogen-bond acceptors (Lipinski definition) is 2. The Balaban J connectivity index is 1.79. The number of carbonyl (C=O) groups excluding carboxylic acids is 1. The molecule has 5 heteroatoms. The molecule has 0 saturated carbocycles. The van der Waals surface area contributed by atoms with E-state index in [-0.39, 0.29) is 5.91 Å². The highest BCUT2D eigenvalue weighted by Crippen LogP contribution is 2.27.